The summed E-state index contributed by atoms with van der Waals surface area (Å²) in [5.74, 6) is -1.03. The first-order valence-electron chi connectivity index (χ1n) is 5.70. The smallest absolute Gasteiger partial charge is 0.305 e. The van der Waals surface area contributed by atoms with E-state index < -0.39 is 11.5 Å². The minimum absolute atomic E-state index is 0.0231. The number of carboxylic acid groups (broad SMARTS) is 1. The average molecular weight is 228 g/mol. The van der Waals surface area contributed by atoms with Crippen LogP contribution in [-0.2, 0) is 9.59 Å². The number of aliphatic carboxylic acids is 1. The van der Waals surface area contributed by atoms with Crippen molar-refractivity contribution >= 4 is 11.9 Å². The summed E-state index contributed by atoms with van der Waals surface area (Å²) in [6.07, 6.45) is 4.63. The maximum absolute atomic E-state index is 11.6. The molecule has 1 rings (SSSR count). The molecule has 0 heterocycles. The molecule has 1 aliphatic rings. The fourth-order valence-electron chi connectivity index (χ4n) is 2.52. The normalized spacial score (nSPS) is 19.1. The van der Waals surface area contributed by atoms with Gasteiger partial charge in [0.05, 0.1) is 18.5 Å². The van der Waals surface area contributed by atoms with Crippen molar-refractivity contribution in [1.82, 2.24) is 4.90 Å². The van der Waals surface area contributed by atoms with Crippen molar-refractivity contribution in [2.75, 3.05) is 13.6 Å². The Hall–Kier alpha value is -1.10. The van der Waals surface area contributed by atoms with Gasteiger partial charge in [0.15, 0.2) is 0 Å². The van der Waals surface area contributed by atoms with Gasteiger partial charge in [0, 0.05) is 7.05 Å². The second-order valence-electron chi connectivity index (χ2n) is 4.51. The summed E-state index contributed by atoms with van der Waals surface area (Å²) in [5.41, 5.74) is 4.82. The summed E-state index contributed by atoms with van der Waals surface area (Å²) in [6.45, 7) is -0.0577. The summed E-state index contributed by atoms with van der Waals surface area (Å²) in [4.78, 5) is 24.1. The summed E-state index contributed by atoms with van der Waals surface area (Å²) in [5, 5.41) is 8.97. The molecule has 16 heavy (non-hydrogen) atoms. The number of nitrogens with two attached hydrogens (primary N) is 1. The lowest BCUT2D eigenvalue weighted by atomic mass is 9.78. The average Bonchev–Trinajstić information content (AvgIpc) is 2.27. The molecular formula is C11H20N2O3. The number of carbonyl (C=O) groups excluding carboxylic acids is 1. The zero-order valence-corrected chi connectivity index (χ0v) is 9.74. The van der Waals surface area contributed by atoms with E-state index in [1.165, 1.54) is 0 Å². The number of likely N-dealkylation sites (N-methyl/N-ethyl adjacent to an activating group) is 1. The largest absolute Gasteiger partial charge is 0.481 e. The maximum atomic E-state index is 11.6. The van der Waals surface area contributed by atoms with Gasteiger partial charge in [-0.2, -0.15) is 0 Å². The van der Waals surface area contributed by atoms with Crippen LogP contribution in [0.25, 0.3) is 0 Å². The molecule has 3 N–H and O–H groups in total. The van der Waals surface area contributed by atoms with Gasteiger partial charge in [0.25, 0.3) is 0 Å². The zero-order valence-electron chi connectivity index (χ0n) is 9.74. The lowest BCUT2D eigenvalue weighted by molar-refractivity contribution is -0.145. The second kappa shape index (κ2) is 5.30. The van der Waals surface area contributed by atoms with E-state index in [0.29, 0.717) is 0 Å². The molecule has 0 aromatic rings. The molecule has 0 aromatic heterocycles. The number of rotatable bonds is 4. The first kappa shape index (κ1) is 13.0. The van der Waals surface area contributed by atoms with Gasteiger partial charge in [-0.05, 0) is 12.8 Å². The Morgan fingerprint density at radius 1 is 1.31 bits per heavy atom. The van der Waals surface area contributed by atoms with Crippen molar-refractivity contribution in [3.05, 3.63) is 0 Å². The highest BCUT2D eigenvalue weighted by Gasteiger charge is 2.39. The molecular weight excluding hydrogens is 208 g/mol. The SMILES string of the molecule is CN(C(=O)CN)C1(CC(=O)O)CCCCC1. The summed E-state index contributed by atoms with van der Waals surface area (Å²) >= 11 is 0. The quantitative estimate of drug-likeness (QED) is 0.737. The predicted octanol–water partition coefficient (Wildman–Crippen LogP) is 0.581. The third kappa shape index (κ3) is 2.72. The van der Waals surface area contributed by atoms with Gasteiger partial charge < -0.3 is 15.7 Å². The molecule has 5 nitrogen and oxygen atoms in total. The van der Waals surface area contributed by atoms with Crippen LogP contribution < -0.4 is 5.73 Å². The minimum Gasteiger partial charge on any atom is -0.481 e. The maximum Gasteiger partial charge on any atom is 0.305 e. The monoisotopic (exact) mass is 228 g/mol. The first-order valence-corrected chi connectivity index (χ1v) is 5.70. The topological polar surface area (TPSA) is 83.6 Å². The standard InChI is InChI=1S/C11H20N2O3/c1-13(9(14)8-12)11(7-10(15)16)5-3-2-4-6-11/h2-8,12H2,1H3,(H,15,16). The Morgan fingerprint density at radius 3 is 2.31 bits per heavy atom. The molecule has 92 valence electrons. The minimum atomic E-state index is -0.849. The molecule has 1 saturated carbocycles. The molecule has 0 unspecified atom stereocenters. The third-order valence-electron chi connectivity index (χ3n) is 3.52. The molecule has 0 spiro atoms. The van der Waals surface area contributed by atoms with Crippen LogP contribution in [-0.4, -0.2) is 41.0 Å². The number of hydrogen-bond acceptors (Lipinski definition) is 3. The van der Waals surface area contributed by atoms with E-state index in [9.17, 15) is 9.59 Å². The fraction of sp³-hybridized carbons (Fsp3) is 0.818. The van der Waals surface area contributed by atoms with E-state index in [-0.39, 0.29) is 18.9 Å². The molecule has 1 aliphatic carbocycles. The van der Waals surface area contributed by atoms with Crippen molar-refractivity contribution in [1.29, 1.82) is 0 Å². The fourth-order valence-corrected chi connectivity index (χ4v) is 2.52. The van der Waals surface area contributed by atoms with Crippen LogP contribution >= 0.6 is 0 Å². The van der Waals surface area contributed by atoms with Crippen molar-refractivity contribution < 1.29 is 14.7 Å². The second-order valence-corrected chi connectivity index (χ2v) is 4.51. The Morgan fingerprint density at radius 2 is 1.88 bits per heavy atom. The van der Waals surface area contributed by atoms with Gasteiger partial charge in [-0.1, -0.05) is 19.3 Å². The van der Waals surface area contributed by atoms with Gasteiger partial charge in [-0.15, -0.1) is 0 Å². The van der Waals surface area contributed by atoms with Gasteiger partial charge in [0.2, 0.25) is 5.91 Å². The Balaban J connectivity index is 2.84. The van der Waals surface area contributed by atoms with Crippen molar-refractivity contribution in [3.8, 4) is 0 Å². The number of hydrogen-bond donors (Lipinski definition) is 2. The number of amides is 1. The highest BCUT2D eigenvalue weighted by atomic mass is 16.4. The number of carboxylic acids is 1. The van der Waals surface area contributed by atoms with E-state index >= 15 is 0 Å². The van der Waals surface area contributed by atoms with Crippen LogP contribution in [0.15, 0.2) is 0 Å². The molecule has 0 aliphatic heterocycles. The number of carbonyl (C=O) groups is 2. The van der Waals surface area contributed by atoms with Crippen molar-refractivity contribution in [3.63, 3.8) is 0 Å². The summed E-state index contributed by atoms with van der Waals surface area (Å²) in [7, 11) is 1.67. The predicted molar refractivity (Wildman–Crippen MR) is 59.9 cm³/mol. The van der Waals surface area contributed by atoms with Crippen LogP contribution in [0, 0.1) is 0 Å². The third-order valence-corrected chi connectivity index (χ3v) is 3.52. The Kier molecular flexibility index (Phi) is 4.29. The van der Waals surface area contributed by atoms with Crippen LogP contribution in [0.4, 0.5) is 0 Å². The van der Waals surface area contributed by atoms with Crippen LogP contribution in [0.1, 0.15) is 38.5 Å². The first-order chi connectivity index (χ1) is 7.52. The van der Waals surface area contributed by atoms with Crippen LogP contribution in [0.3, 0.4) is 0 Å². The van der Waals surface area contributed by atoms with Gasteiger partial charge in [-0.25, -0.2) is 0 Å². The summed E-state index contributed by atoms with van der Waals surface area (Å²) in [6, 6.07) is 0. The molecule has 1 amide bonds. The van der Waals surface area contributed by atoms with Gasteiger partial charge in [-0.3, -0.25) is 9.59 Å². The lowest BCUT2D eigenvalue weighted by Gasteiger charge is -2.43. The van der Waals surface area contributed by atoms with Crippen molar-refractivity contribution in [2.24, 2.45) is 5.73 Å². The van der Waals surface area contributed by atoms with Crippen LogP contribution in [0.2, 0.25) is 0 Å². The highest BCUT2D eigenvalue weighted by molar-refractivity contribution is 5.79. The van der Waals surface area contributed by atoms with E-state index in [2.05, 4.69) is 0 Å². The lowest BCUT2D eigenvalue weighted by Crippen LogP contribution is -2.53. The van der Waals surface area contributed by atoms with E-state index in [1.807, 2.05) is 0 Å². The molecule has 5 heteroatoms. The molecule has 0 atom stereocenters. The molecule has 0 radical (unpaired) electrons. The van der Waals surface area contributed by atoms with Crippen molar-refractivity contribution in [2.45, 2.75) is 44.1 Å². The summed E-state index contributed by atoms with van der Waals surface area (Å²) < 4.78 is 0. The van der Waals surface area contributed by atoms with Gasteiger partial charge in [0.1, 0.15) is 0 Å². The highest BCUT2D eigenvalue weighted by Crippen LogP contribution is 2.35. The molecule has 0 aromatic carbocycles. The zero-order chi connectivity index (χ0) is 12.2. The Labute approximate surface area is 95.6 Å². The number of nitrogens with zero attached hydrogens (tertiary/aromatic N) is 1. The van der Waals surface area contributed by atoms with E-state index in [1.54, 1.807) is 11.9 Å². The van der Waals surface area contributed by atoms with Gasteiger partial charge >= 0.3 is 5.97 Å². The Bertz CT molecular complexity index is 272. The van der Waals surface area contributed by atoms with Crippen LogP contribution in [0.5, 0.6) is 0 Å². The van der Waals surface area contributed by atoms with E-state index in [4.69, 9.17) is 10.8 Å². The molecule has 1 fully saturated rings. The molecule has 0 bridgehead atoms. The van der Waals surface area contributed by atoms with E-state index in [0.717, 1.165) is 32.1 Å². The molecule has 0 saturated heterocycles.